The molecular weight excluding hydrogens is 512 g/mol. The van der Waals surface area contributed by atoms with Gasteiger partial charge in [0, 0.05) is 17.8 Å². The number of carbonyl (C=O) groups is 2. The van der Waals surface area contributed by atoms with Crippen LogP contribution in [0.15, 0.2) is 50.9 Å². The summed E-state index contributed by atoms with van der Waals surface area (Å²) in [6.45, 7) is -0.318. The fourth-order valence-electron chi connectivity index (χ4n) is 2.15. The number of anilines is 1. The summed E-state index contributed by atoms with van der Waals surface area (Å²) in [4.78, 5) is 33.5. The Balaban J connectivity index is 2.26. The monoisotopic (exact) mass is 522 g/mol. The molecule has 0 fully saturated rings. The SMILES string of the molecule is N#C/C(=C\c1cc(Br)c(OCC(N)=O)c(Br)c1)C(=O)Nc1cccc([N+](=O)[O-])c1. The van der Waals surface area contributed by atoms with E-state index >= 15 is 0 Å². The number of nitrogens with two attached hydrogens (primary N) is 1. The van der Waals surface area contributed by atoms with Gasteiger partial charge in [-0.15, -0.1) is 0 Å². The number of nitrogens with zero attached hydrogens (tertiary/aromatic N) is 2. The second kappa shape index (κ2) is 9.81. The number of ether oxygens (including phenoxy) is 1. The summed E-state index contributed by atoms with van der Waals surface area (Å²) >= 11 is 6.58. The van der Waals surface area contributed by atoms with E-state index in [1.807, 2.05) is 0 Å². The number of nitro groups is 1. The van der Waals surface area contributed by atoms with E-state index in [0.717, 1.165) is 0 Å². The van der Waals surface area contributed by atoms with E-state index in [1.165, 1.54) is 30.3 Å². The van der Waals surface area contributed by atoms with Crippen LogP contribution >= 0.6 is 31.9 Å². The molecule has 11 heteroatoms. The summed E-state index contributed by atoms with van der Waals surface area (Å²) in [5, 5.41) is 22.6. The van der Waals surface area contributed by atoms with E-state index in [9.17, 15) is 25.0 Å². The fourth-order valence-corrected chi connectivity index (χ4v) is 3.61. The topological polar surface area (TPSA) is 148 Å². The molecule has 0 saturated heterocycles. The van der Waals surface area contributed by atoms with Crippen LogP contribution in [0.3, 0.4) is 0 Å². The van der Waals surface area contributed by atoms with Crippen LogP contribution in [0, 0.1) is 21.4 Å². The average Bonchev–Trinajstić information content (AvgIpc) is 2.65. The van der Waals surface area contributed by atoms with Gasteiger partial charge in [0.25, 0.3) is 17.5 Å². The van der Waals surface area contributed by atoms with Crippen LogP contribution < -0.4 is 15.8 Å². The Morgan fingerprint density at radius 1 is 1.28 bits per heavy atom. The lowest BCUT2D eigenvalue weighted by molar-refractivity contribution is -0.384. The molecule has 0 aliphatic carbocycles. The minimum atomic E-state index is -0.728. The van der Waals surface area contributed by atoms with Crippen molar-refractivity contribution < 1.29 is 19.2 Å². The number of benzene rings is 2. The Morgan fingerprint density at radius 2 is 1.93 bits per heavy atom. The molecule has 148 valence electrons. The van der Waals surface area contributed by atoms with E-state index in [2.05, 4.69) is 37.2 Å². The zero-order chi connectivity index (χ0) is 21.6. The van der Waals surface area contributed by atoms with Crippen LogP contribution in [-0.4, -0.2) is 23.3 Å². The highest BCUT2D eigenvalue weighted by atomic mass is 79.9. The van der Waals surface area contributed by atoms with Crippen molar-refractivity contribution in [3.63, 3.8) is 0 Å². The first-order chi connectivity index (χ1) is 13.7. The molecule has 0 aliphatic rings. The first-order valence-corrected chi connectivity index (χ1v) is 9.37. The molecule has 0 atom stereocenters. The number of nitriles is 1. The molecule has 2 amide bonds. The zero-order valence-corrected chi connectivity index (χ0v) is 17.7. The van der Waals surface area contributed by atoms with Gasteiger partial charge in [-0.3, -0.25) is 19.7 Å². The molecule has 3 N–H and O–H groups in total. The number of nitro benzene ring substituents is 1. The third kappa shape index (κ3) is 6.13. The number of amides is 2. The van der Waals surface area contributed by atoms with Crippen molar-refractivity contribution >= 4 is 61.1 Å². The molecule has 0 heterocycles. The zero-order valence-electron chi connectivity index (χ0n) is 14.5. The van der Waals surface area contributed by atoms with Gasteiger partial charge in [-0.25, -0.2) is 0 Å². The van der Waals surface area contributed by atoms with Crippen molar-refractivity contribution in [2.24, 2.45) is 5.73 Å². The Hall–Kier alpha value is -3.23. The largest absolute Gasteiger partial charge is 0.481 e. The van der Waals surface area contributed by atoms with Gasteiger partial charge < -0.3 is 15.8 Å². The lowest BCUT2D eigenvalue weighted by atomic mass is 10.1. The predicted molar refractivity (Wildman–Crippen MR) is 112 cm³/mol. The van der Waals surface area contributed by atoms with Crippen LogP contribution in [0.1, 0.15) is 5.56 Å². The summed E-state index contributed by atoms with van der Waals surface area (Å²) in [6.07, 6.45) is 1.33. The van der Waals surface area contributed by atoms with Crippen LogP contribution in [0.25, 0.3) is 6.08 Å². The summed E-state index contributed by atoms with van der Waals surface area (Å²) in [6, 6.07) is 10.3. The first-order valence-electron chi connectivity index (χ1n) is 7.79. The van der Waals surface area contributed by atoms with Crippen molar-refractivity contribution in [3.8, 4) is 11.8 Å². The molecule has 9 nitrogen and oxygen atoms in total. The molecule has 2 aromatic carbocycles. The normalized spacial score (nSPS) is 10.7. The maximum absolute atomic E-state index is 12.4. The van der Waals surface area contributed by atoms with E-state index < -0.39 is 16.7 Å². The quantitative estimate of drug-likeness (QED) is 0.245. The molecular formula is C18H12Br2N4O5. The van der Waals surface area contributed by atoms with Gasteiger partial charge in [-0.05, 0) is 61.7 Å². The Kier molecular flexibility index (Phi) is 7.46. The second-order valence-corrected chi connectivity index (χ2v) is 7.21. The molecule has 0 radical (unpaired) electrons. The Morgan fingerprint density at radius 3 is 2.48 bits per heavy atom. The van der Waals surface area contributed by atoms with Gasteiger partial charge >= 0.3 is 0 Å². The molecule has 0 spiro atoms. The predicted octanol–water partition coefficient (Wildman–Crippen LogP) is 3.53. The van der Waals surface area contributed by atoms with E-state index in [4.69, 9.17) is 10.5 Å². The van der Waals surface area contributed by atoms with Gasteiger partial charge in [-0.2, -0.15) is 5.26 Å². The number of non-ortho nitro benzene ring substituents is 1. The lowest BCUT2D eigenvalue weighted by Gasteiger charge is -2.10. The van der Waals surface area contributed by atoms with E-state index in [-0.39, 0.29) is 23.6 Å². The van der Waals surface area contributed by atoms with Crippen LogP contribution in [-0.2, 0) is 9.59 Å². The minimum absolute atomic E-state index is 0.183. The molecule has 0 aromatic heterocycles. The molecule has 0 unspecified atom stereocenters. The molecule has 2 rings (SSSR count). The second-order valence-electron chi connectivity index (χ2n) is 5.50. The Labute approximate surface area is 181 Å². The number of nitrogens with one attached hydrogen (secondary N) is 1. The van der Waals surface area contributed by atoms with Gasteiger partial charge in [0.1, 0.15) is 17.4 Å². The highest BCUT2D eigenvalue weighted by Crippen LogP contribution is 2.35. The summed E-state index contributed by atoms with van der Waals surface area (Å²) < 4.78 is 6.22. The maximum Gasteiger partial charge on any atom is 0.271 e. The molecule has 0 saturated carbocycles. The number of rotatable bonds is 7. The maximum atomic E-state index is 12.4. The summed E-state index contributed by atoms with van der Waals surface area (Å²) in [7, 11) is 0. The minimum Gasteiger partial charge on any atom is -0.481 e. The van der Waals surface area contributed by atoms with Crippen molar-refractivity contribution in [3.05, 3.63) is 66.6 Å². The smallest absolute Gasteiger partial charge is 0.271 e. The summed E-state index contributed by atoms with van der Waals surface area (Å²) in [5.74, 6) is -1.04. The number of hydrogen-bond donors (Lipinski definition) is 2. The number of carbonyl (C=O) groups excluding carboxylic acids is 2. The van der Waals surface area contributed by atoms with Crippen LogP contribution in [0.4, 0.5) is 11.4 Å². The van der Waals surface area contributed by atoms with Gasteiger partial charge in [0.05, 0.1) is 13.9 Å². The highest BCUT2D eigenvalue weighted by Gasteiger charge is 2.14. The van der Waals surface area contributed by atoms with Crippen LogP contribution in [0.2, 0.25) is 0 Å². The van der Waals surface area contributed by atoms with Crippen molar-refractivity contribution in [1.82, 2.24) is 0 Å². The standard InChI is InChI=1S/C18H12Br2N4O5/c19-14-5-10(6-15(20)17(14)29-9-16(22)25)4-11(8-21)18(26)23-12-2-1-3-13(7-12)24(27)28/h1-7H,9H2,(H2,22,25)(H,23,26)/b11-4+. The van der Waals surface area contributed by atoms with Gasteiger partial charge in [0.15, 0.2) is 6.61 Å². The highest BCUT2D eigenvalue weighted by molar-refractivity contribution is 9.11. The summed E-state index contributed by atoms with van der Waals surface area (Å²) in [5.41, 5.74) is 5.31. The molecule has 29 heavy (non-hydrogen) atoms. The molecule has 0 bridgehead atoms. The van der Waals surface area contributed by atoms with E-state index in [1.54, 1.807) is 18.2 Å². The van der Waals surface area contributed by atoms with Crippen LogP contribution in [0.5, 0.6) is 5.75 Å². The first kappa shape index (κ1) is 22.1. The molecule has 0 aliphatic heterocycles. The number of halogens is 2. The van der Waals surface area contributed by atoms with Crippen molar-refractivity contribution in [2.45, 2.75) is 0 Å². The number of hydrogen-bond acceptors (Lipinski definition) is 6. The average molecular weight is 524 g/mol. The van der Waals surface area contributed by atoms with Gasteiger partial charge in [0.2, 0.25) is 0 Å². The Bertz CT molecular complexity index is 1040. The molecule has 2 aromatic rings. The third-order valence-electron chi connectivity index (χ3n) is 3.37. The van der Waals surface area contributed by atoms with Crippen molar-refractivity contribution in [2.75, 3.05) is 11.9 Å². The van der Waals surface area contributed by atoms with Gasteiger partial charge in [-0.1, -0.05) is 6.07 Å². The van der Waals surface area contributed by atoms with Crippen molar-refractivity contribution in [1.29, 1.82) is 5.26 Å². The third-order valence-corrected chi connectivity index (χ3v) is 4.55. The lowest BCUT2D eigenvalue weighted by Crippen LogP contribution is -2.20. The van der Waals surface area contributed by atoms with E-state index in [0.29, 0.717) is 20.3 Å². The fraction of sp³-hybridized carbons (Fsp3) is 0.0556. The number of primary amides is 1.